The molecule has 3 saturated carbocycles. The van der Waals surface area contributed by atoms with Crippen molar-refractivity contribution >= 4 is 23.5 Å². The Kier molecular flexibility index (Phi) is 6.71. The van der Waals surface area contributed by atoms with Crippen LogP contribution in [0.15, 0.2) is 0 Å². The number of nitrogens with one attached hydrogen (secondary N) is 1. The number of likely N-dealkylation sites (tertiary alicyclic amines) is 1. The maximum Gasteiger partial charge on any atom is 0.379 e. The van der Waals surface area contributed by atoms with Crippen LogP contribution in [0.5, 0.6) is 0 Å². The minimum absolute atomic E-state index is 0.0237. The molecule has 4 rings (SSSR count). The second kappa shape index (κ2) is 8.94. The summed E-state index contributed by atoms with van der Waals surface area (Å²) in [5.41, 5.74) is 9.85. The molecule has 1 heterocycles. The van der Waals surface area contributed by atoms with Crippen LogP contribution >= 0.6 is 0 Å². The van der Waals surface area contributed by atoms with E-state index in [4.69, 9.17) is 5.73 Å². The van der Waals surface area contributed by atoms with Gasteiger partial charge in [0.25, 0.3) is 5.78 Å². The second-order valence-corrected chi connectivity index (χ2v) is 12.8. The van der Waals surface area contributed by atoms with E-state index in [0.29, 0.717) is 25.3 Å². The van der Waals surface area contributed by atoms with Gasteiger partial charge in [0.15, 0.2) is 0 Å². The highest BCUT2D eigenvalue weighted by Crippen LogP contribution is 2.88. The first kappa shape index (κ1) is 26.3. The third-order valence-corrected chi connectivity index (χ3v) is 11.0. The molecule has 8 heteroatoms. The Balaban J connectivity index is 1.59. The normalized spacial score (nSPS) is 31.0. The molecule has 6 N–H and O–H groups in total. The number of rotatable bonds is 9. The van der Waals surface area contributed by atoms with Crippen molar-refractivity contribution in [3.05, 3.63) is 0 Å². The van der Waals surface area contributed by atoms with Crippen LogP contribution in [0.4, 0.5) is 0 Å². The molecule has 0 aromatic rings. The van der Waals surface area contributed by atoms with Gasteiger partial charge >= 0.3 is 5.91 Å². The number of quaternary nitrogens is 1. The van der Waals surface area contributed by atoms with E-state index in [0.717, 1.165) is 32.1 Å². The van der Waals surface area contributed by atoms with Gasteiger partial charge in [0, 0.05) is 12.0 Å². The van der Waals surface area contributed by atoms with E-state index in [1.54, 1.807) is 4.90 Å². The Hall–Kier alpha value is -1.80. The molecule has 1 aliphatic heterocycles. The van der Waals surface area contributed by atoms with Gasteiger partial charge in [-0.3, -0.25) is 20.1 Å². The van der Waals surface area contributed by atoms with Gasteiger partial charge in [0.1, 0.15) is 12.1 Å². The molecule has 0 aromatic carbocycles. The molecule has 0 radical (unpaired) electrons. The van der Waals surface area contributed by atoms with E-state index < -0.39 is 29.8 Å². The monoisotopic (exact) mass is 489 g/mol. The molecule has 1 saturated heterocycles. The van der Waals surface area contributed by atoms with Gasteiger partial charge in [0.2, 0.25) is 11.8 Å². The van der Waals surface area contributed by atoms with Crippen LogP contribution in [-0.4, -0.2) is 53.1 Å². The van der Waals surface area contributed by atoms with Gasteiger partial charge in [-0.25, -0.2) is 4.79 Å². The number of Topliss-reactive ketones (excluding diaryl/α,β-unsaturated/α-hetero) is 1. The average Bonchev–Trinajstić information content (AvgIpc) is 2.98. The van der Waals surface area contributed by atoms with Gasteiger partial charge in [-0.2, -0.15) is 0 Å². The number of carbonyl (C=O) groups excluding carboxylic acids is 4. The summed E-state index contributed by atoms with van der Waals surface area (Å²) in [7, 11) is 0. The Morgan fingerprint density at radius 3 is 2.11 bits per heavy atom. The summed E-state index contributed by atoms with van der Waals surface area (Å²) in [4.78, 5) is 53.6. The zero-order valence-corrected chi connectivity index (χ0v) is 22.2. The van der Waals surface area contributed by atoms with Crippen molar-refractivity contribution < 1.29 is 24.9 Å². The SMILES string of the molecule is CC(C)C(C)[C@H](N)C(=O)N1C[C@]2(C[C@H]1C(=O)NC(CC1CCC1)C(=O)C([NH3+])=O)C(C)(C)C21CCC1. The smallest absolute Gasteiger partial charge is 0.344 e. The maximum atomic E-state index is 13.7. The summed E-state index contributed by atoms with van der Waals surface area (Å²) < 4.78 is 0. The first-order valence-corrected chi connectivity index (χ1v) is 13.6. The topological polar surface area (TPSA) is 137 Å². The molecule has 0 bridgehead atoms. The Labute approximate surface area is 209 Å². The van der Waals surface area contributed by atoms with Crippen molar-refractivity contribution in [1.82, 2.24) is 10.2 Å². The molecule has 2 spiro atoms. The van der Waals surface area contributed by atoms with Crippen molar-refractivity contribution in [1.29, 1.82) is 0 Å². The van der Waals surface area contributed by atoms with Crippen LogP contribution in [0.2, 0.25) is 0 Å². The van der Waals surface area contributed by atoms with E-state index in [-0.39, 0.29) is 39.9 Å². The van der Waals surface area contributed by atoms with E-state index in [2.05, 4.69) is 24.9 Å². The molecular formula is C27H45N4O4+. The van der Waals surface area contributed by atoms with Crippen LogP contribution in [0.1, 0.15) is 86.0 Å². The van der Waals surface area contributed by atoms with E-state index >= 15 is 0 Å². The first-order valence-electron chi connectivity index (χ1n) is 13.6. The molecule has 5 atom stereocenters. The number of fused-ring (bicyclic) bond motifs is 1. The molecule has 2 unspecified atom stereocenters. The van der Waals surface area contributed by atoms with Crippen molar-refractivity contribution in [3.63, 3.8) is 0 Å². The summed E-state index contributed by atoms with van der Waals surface area (Å²) in [5.74, 6) is -1.41. The largest absolute Gasteiger partial charge is 0.379 e. The first-order chi connectivity index (χ1) is 16.3. The molecule has 8 nitrogen and oxygen atoms in total. The number of hydrogen-bond donors (Lipinski definition) is 3. The molecular weight excluding hydrogens is 444 g/mol. The second-order valence-electron chi connectivity index (χ2n) is 12.8. The van der Waals surface area contributed by atoms with Crippen molar-refractivity contribution in [2.75, 3.05) is 6.54 Å². The summed E-state index contributed by atoms with van der Waals surface area (Å²) in [5, 5.41) is 2.89. The average molecular weight is 490 g/mol. The number of hydrogen-bond acceptors (Lipinski definition) is 5. The minimum atomic E-state index is -0.876. The van der Waals surface area contributed by atoms with Crippen LogP contribution in [0.3, 0.4) is 0 Å². The maximum absolute atomic E-state index is 13.7. The van der Waals surface area contributed by atoms with Gasteiger partial charge in [-0.05, 0) is 54.3 Å². The summed E-state index contributed by atoms with van der Waals surface area (Å²) in [6.45, 7) is 11.2. The zero-order valence-electron chi connectivity index (χ0n) is 22.2. The molecule has 4 aliphatic rings. The molecule has 3 amide bonds. The van der Waals surface area contributed by atoms with Crippen LogP contribution in [0, 0.1) is 34.0 Å². The predicted octanol–water partition coefficient (Wildman–Crippen LogP) is 1.42. The third kappa shape index (κ3) is 3.86. The lowest BCUT2D eigenvalue weighted by molar-refractivity contribution is -0.300. The van der Waals surface area contributed by atoms with Gasteiger partial charge < -0.3 is 16.0 Å². The number of carbonyl (C=O) groups is 4. The fourth-order valence-corrected chi connectivity index (χ4v) is 7.65. The highest BCUT2D eigenvalue weighted by atomic mass is 16.2. The fraction of sp³-hybridized carbons (Fsp3) is 0.852. The lowest BCUT2D eigenvalue weighted by Crippen LogP contribution is -2.65. The Bertz CT molecular complexity index is 907. The van der Waals surface area contributed by atoms with Gasteiger partial charge in [-0.15, -0.1) is 0 Å². The Morgan fingerprint density at radius 1 is 1.06 bits per heavy atom. The standard InChI is InChI=1S/C27H44N4O4/c1-15(2)16(3)20(28)24(35)31-14-27(25(4,5)26(27)10-7-11-26)13-19(31)23(34)30-18(21(32)22(29)33)12-17-8-6-9-17/h15-20H,6-14,28H2,1-5H3,(H2,29,33)(H,30,34)/p+1/t16?,18?,19-,20-,27+/m0/s1. The zero-order chi connectivity index (χ0) is 25.9. The van der Waals surface area contributed by atoms with Gasteiger partial charge in [-0.1, -0.05) is 60.3 Å². The van der Waals surface area contributed by atoms with Crippen molar-refractivity contribution in [3.8, 4) is 0 Å². The van der Waals surface area contributed by atoms with E-state index in [1.165, 1.54) is 6.42 Å². The molecule has 4 fully saturated rings. The number of nitrogens with zero attached hydrogens (tertiary/aromatic N) is 1. The molecule has 196 valence electrons. The van der Waals surface area contributed by atoms with Crippen molar-refractivity contribution in [2.24, 2.45) is 39.7 Å². The quantitative estimate of drug-likeness (QED) is 0.421. The highest BCUT2D eigenvalue weighted by molar-refractivity contribution is 6.34. The summed E-state index contributed by atoms with van der Waals surface area (Å²) >= 11 is 0. The number of ketones is 1. The fourth-order valence-electron chi connectivity index (χ4n) is 7.65. The molecule has 0 aromatic heterocycles. The lowest BCUT2D eigenvalue weighted by atomic mass is 9.73. The third-order valence-electron chi connectivity index (χ3n) is 11.0. The van der Waals surface area contributed by atoms with Crippen LogP contribution in [-0.2, 0) is 19.2 Å². The van der Waals surface area contributed by atoms with Crippen LogP contribution < -0.4 is 16.8 Å². The number of nitrogens with two attached hydrogens (primary N) is 1. The minimum Gasteiger partial charge on any atom is -0.344 e. The van der Waals surface area contributed by atoms with E-state index in [1.807, 2.05) is 20.8 Å². The molecule has 3 aliphatic carbocycles. The Morgan fingerprint density at radius 2 is 1.69 bits per heavy atom. The summed E-state index contributed by atoms with van der Waals surface area (Å²) in [6, 6.07) is -2.24. The number of amides is 3. The van der Waals surface area contributed by atoms with E-state index in [9.17, 15) is 19.2 Å². The summed E-state index contributed by atoms with van der Waals surface area (Å²) in [6.07, 6.45) is 7.59. The highest BCUT2D eigenvalue weighted by Gasteiger charge is 2.85. The molecule has 35 heavy (non-hydrogen) atoms. The lowest BCUT2D eigenvalue weighted by Gasteiger charge is -2.33. The van der Waals surface area contributed by atoms with Crippen molar-refractivity contribution in [2.45, 2.75) is 104 Å². The predicted molar refractivity (Wildman–Crippen MR) is 131 cm³/mol. The van der Waals surface area contributed by atoms with Gasteiger partial charge in [0.05, 0.1) is 6.04 Å². The van der Waals surface area contributed by atoms with Crippen LogP contribution in [0.25, 0.3) is 0 Å².